The van der Waals surface area contributed by atoms with E-state index in [-0.39, 0.29) is 11.7 Å². The van der Waals surface area contributed by atoms with E-state index in [1.54, 1.807) is 35.2 Å². The number of fused-ring (bicyclic) bond motifs is 1. The summed E-state index contributed by atoms with van der Waals surface area (Å²) in [4.78, 5) is 26.9. The first-order valence-corrected chi connectivity index (χ1v) is 8.96. The number of benzene rings is 2. The molecule has 6 nitrogen and oxygen atoms in total. The number of hydrogen-bond acceptors (Lipinski definition) is 4. The van der Waals surface area contributed by atoms with Gasteiger partial charge in [-0.2, -0.15) is 0 Å². The molecule has 3 aromatic rings. The van der Waals surface area contributed by atoms with Gasteiger partial charge in [0.05, 0.1) is 23.9 Å². The highest BCUT2D eigenvalue weighted by Gasteiger charge is 2.20. The average Bonchev–Trinajstić information content (AvgIpc) is 3.14. The van der Waals surface area contributed by atoms with Crippen LogP contribution in [0.3, 0.4) is 0 Å². The van der Waals surface area contributed by atoms with Crippen LogP contribution in [0.2, 0.25) is 5.02 Å². The molecule has 1 N–H and O–H groups in total. The predicted octanol–water partition coefficient (Wildman–Crippen LogP) is 3.81. The second kappa shape index (κ2) is 7.42. The first kappa shape index (κ1) is 17.6. The van der Waals surface area contributed by atoms with Gasteiger partial charge in [-0.25, -0.2) is 0 Å². The molecule has 0 aliphatic carbocycles. The normalized spacial score (nSPS) is 14.3. The van der Waals surface area contributed by atoms with Crippen LogP contribution in [0.4, 0.5) is 5.69 Å². The minimum Gasteiger partial charge on any atom is -0.451 e. The lowest BCUT2D eigenvalue weighted by molar-refractivity contribution is 0.0303. The highest BCUT2D eigenvalue weighted by Crippen LogP contribution is 2.26. The maximum atomic E-state index is 12.6. The van der Waals surface area contributed by atoms with Crippen molar-refractivity contribution < 1.29 is 18.7 Å². The first-order valence-electron chi connectivity index (χ1n) is 8.58. The monoisotopic (exact) mass is 384 g/mol. The number of carbonyl (C=O) groups is 2. The molecule has 27 heavy (non-hydrogen) atoms. The lowest BCUT2D eigenvalue weighted by atomic mass is 10.1. The highest BCUT2D eigenvalue weighted by molar-refractivity contribution is 6.34. The number of rotatable bonds is 3. The smallest absolute Gasteiger partial charge is 0.291 e. The average molecular weight is 385 g/mol. The largest absolute Gasteiger partial charge is 0.451 e. The van der Waals surface area contributed by atoms with Gasteiger partial charge in [-0.05, 0) is 30.3 Å². The first-order chi connectivity index (χ1) is 13.1. The molecule has 1 aromatic heterocycles. The minimum absolute atomic E-state index is 0.116. The Morgan fingerprint density at radius 2 is 1.81 bits per heavy atom. The van der Waals surface area contributed by atoms with Crippen LogP contribution in [0, 0.1) is 0 Å². The fourth-order valence-corrected chi connectivity index (χ4v) is 3.15. The van der Waals surface area contributed by atoms with Gasteiger partial charge in [-0.3, -0.25) is 9.59 Å². The van der Waals surface area contributed by atoms with Crippen molar-refractivity contribution in [2.45, 2.75) is 0 Å². The Bertz CT molecular complexity index is 975. The number of carbonyl (C=O) groups excluding carboxylic acids is 2. The van der Waals surface area contributed by atoms with Crippen LogP contribution in [0.5, 0.6) is 0 Å². The zero-order chi connectivity index (χ0) is 18.8. The van der Waals surface area contributed by atoms with E-state index in [0.717, 1.165) is 5.39 Å². The number of morpholine rings is 1. The number of halogens is 1. The summed E-state index contributed by atoms with van der Waals surface area (Å²) in [5.41, 5.74) is 1.45. The van der Waals surface area contributed by atoms with Crippen molar-refractivity contribution in [2.24, 2.45) is 0 Å². The number of nitrogens with one attached hydrogen (secondary N) is 1. The maximum absolute atomic E-state index is 12.6. The second-order valence-electron chi connectivity index (χ2n) is 6.20. The van der Waals surface area contributed by atoms with Crippen molar-refractivity contribution in [3.05, 3.63) is 64.9 Å². The molecule has 0 atom stereocenters. The molecule has 1 aliphatic heterocycles. The summed E-state index contributed by atoms with van der Waals surface area (Å²) in [7, 11) is 0. The summed E-state index contributed by atoms with van der Waals surface area (Å²) >= 11 is 6.21. The van der Waals surface area contributed by atoms with E-state index in [1.807, 2.05) is 18.2 Å². The van der Waals surface area contributed by atoms with Gasteiger partial charge in [0.1, 0.15) is 5.58 Å². The molecule has 138 valence electrons. The van der Waals surface area contributed by atoms with Crippen molar-refractivity contribution in [1.82, 2.24) is 4.90 Å². The molecule has 2 heterocycles. The fraction of sp³-hybridized carbons (Fsp3) is 0.200. The fourth-order valence-electron chi connectivity index (χ4n) is 2.98. The molecule has 1 aliphatic rings. The topological polar surface area (TPSA) is 71.8 Å². The van der Waals surface area contributed by atoms with Crippen molar-refractivity contribution in [3.63, 3.8) is 0 Å². The molecule has 0 spiro atoms. The van der Waals surface area contributed by atoms with Crippen molar-refractivity contribution in [3.8, 4) is 0 Å². The van der Waals surface area contributed by atoms with E-state index in [1.165, 1.54) is 0 Å². The summed E-state index contributed by atoms with van der Waals surface area (Å²) in [6, 6.07) is 13.9. The molecule has 2 aromatic carbocycles. The van der Waals surface area contributed by atoms with Crippen LogP contribution < -0.4 is 5.32 Å². The molecule has 0 radical (unpaired) electrons. The number of nitrogens with zero attached hydrogens (tertiary/aromatic N) is 1. The van der Waals surface area contributed by atoms with Gasteiger partial charge in [-0.1, -0.05) is 29.8 Å². The van der Waals surface area contributed by atoms with Crippen molar-refractivity contribution in [2.75, 3.05) is 31.6 Å². The summed E-state index contributed by atoms with van der Waals surface area (Å²) < 4.78 is 10.8. The van der Waals surface area contributed by atoms with Crippen LogP contribution in [-0.4, -0.2) is 43.0 Å². The molecule has 4 rings (SSSR count). The molecule has 0 saturated carbocycles. The van der Waals surface area contributed by atoms with Gasteiger partial charge in [0, 0.05) is 24.0 Å². The standard InChI is InChI=1S/C20H17ClN2O4/c21-15-6-5-14(20(25)23-7-9-26-10-8-23)11-16(15)22-19(24)18-12-13-3-1-2-4-17(13)27-18/h1-6,11-12H,7-10H2,(H,22,24). The zero-order valence-electron chi connectivity index (χ0n) is 14.4. The summed E-state index contributed by atoms with van der Waals surface area (Å²) in [5, 5.41) is 3.91. The van der Waals surface area contributed by atoms with Crippen LogP contribution in [0.25, 0.3) is 11.0 Å². The third-order valence-electron chi connectivity index (χ3n) is 4.41. The Morgan fingerprint density at radius 3 is 2.59 bits per heavy atom. The van der Waals surface area contributed by atoms with Crippen molar-refractivity contribution in [1.29, 1.82) is 0 Å². The molecule has 7 heteroatoms. The van der Waals surface area contributed by atoms with E-state index >= 15 is 0 Å². The number of hydrogen-bond donors (Lipinski definition) is 1. The Labute approximate surface area is 160 Å². The van der Waals surface area contributed by atoms with E-state index in [0.29, 0.717) is 48.2 Å². The van der Waals surface area contributed by atoms with E-state index in [2.05, 4.69) is 5.32 Å². The number of furan rings is 1. The Balaban J connectivity index is 1.55. The third kappa shape index (κ3) is 3.67. The van der Waals surface area contributed by atoms with Gasteiger partial charge in [0.2, 0.25) is 0 Å². The SMILES string of the molecule is O=C(Nc1cc(C(=O)N2CCOCC2)ccc1Cl)c1cc2ccccc2o1. The van der Waals surface area contributed by atoms with Crippen molar-refractivity contribution >= 4 is 40.1 Å². The molecule has 0 bridgehead atoms. The highest BCUT2D eigenvalue weighted by atomic mass is 35.5. The zero-order valence-corrected chi connectivity index (χ0v) is 15.2. The van der Waals surface area contributed by atoms with Gasteiger partial charge < -0.3 is 19.4 Å². The lowest BCUT2D eigenvalue weighted by Gasteiger charge is -2.27. The van der Waals surface area contributed by atoms with Gasteiger partial charge in [0.25, 0.3) is 11.8 Å². The Kier molecular flexibility index (Phi) is 4.83. The number of anilines is 1. The Hall–Kier alpha value is -2.83. The van der Waals surface area contributed by atoms with Gasteiger partial charge in [0.15, 0.2) is 5.76 Å². The second-order valence-corrected chi connectivity index (χ2v) is 6.61. The lowest BCUT2D eigenvalue weighted by Crippen LogP contribution is -2.40. The van der Waals surface area contributed by atoms with Crippen LogP contribution in [-0.2, 0) is 4.74 Å². The quantitative estimate of drug-likeness (QED) is 0.745. The molecule has 0 unspecified atom stereocenters. The van der Waals surface area contributed by atoms with Crippen LogP contribution in [0.15, 0.2) is 52.9 Å². The summed E-state index contributed by atoms with van der Waals surface area (Å²) in [5.74, 6) is -0.365. The summed E-state index contributed by atoms with van der Waals surface area (Å²) in [6.45, 7) is 2.13. The molecule has 2 amide bonds. The van der Waals surface area contributed by atoms with E-state index < -0.39 is 5.91 Å². The van der Waals surface area contributed by atoms with Crippen LogP contribution >= 0.6 is 11.6 Å². The Morgan fingerprint density at radius 1 is 1.04 bits per heavy atom. The number of ether oxygens (including phenoxy) is 1. The number of para-hydroxylation sites is 1. The molecular formula is C20H17ClN2O4. The molecular weight excluding hydrogens is 368 g/mol. The van der Waals surface area contributed by atoms with E-state index in [9.17, 15) is 9.59 Å². The van der Waals surface area contributed by atoms with Crippen LogP contribution in [0.1, 0.15) is 20.9 Å². The van der Waals surface area contributed by atoms with Gasteiger partial charge >= 0.3 is 0 Å². The molecule has 1 saturated heterocycles. The minimum atomic E-state index is -0.427. The van der Waals surface area contributed by atoms with Gasteiger partial charge in [-0.15, -0.1) is 0 Å². The summed E-state index contributed by atoms with van der Waals surface area (Å²) in [6.07, 6.45) is 0. The number of amides is 2. The maximum Gasteiger partial charge on any atom is 0.291 e. The third-order valence-corrected chi connectivity index (χ3v) is 4.74. The van der Waals surface area contributed by atoms with E-state index in [4.69, 9.17) is 20.8 Å². The molecule has 1 fully saturated rings. The predicted molar refractivity (Wildman–Crippen MR) is 102 cm³/mol.